The van der Waals surface area contributed by atoms with Crippen LogP contribution in [0.15, 0.2) is 65.8 Å². The van der Waals surface area contributed by atoms with Gasteiger partial charge in [0.2, 0.25) is 0 Å². The van der Waals surface area contributed by atoms with Crippen LogP contribution in [0.1, 0.15) is 83.9 Å². The lowest BCUT2D eigenvalue weighted by Crippen LogP contribution is -2.12. The topological polar surface area (TPSA) is 86.7 Å². The molecular weight excluding hydrogens is 502 g/mol. The Balaban J connectivity index is 1.90. The number of carbonyl (C=O) groups excluding carboxylic acids is 1. The van der Waals surface area contributed by atoms with Crippen LogP contribution in [-0.4, -0.2) is 21.2 Å². The van der Waals surface area contributed by atoms with Gasteiger partial charge in [0, 0.05) is 58.5 Å². The molecule has 4 aromatic rings. The van der Waals surface area contributed by atoms with Crippen LogP contribution in [0.5, 0.6) is 0 Å². The summed E-state index contributed by atoms with van der Waals surface area (Å²) in [4.78, 5) is 28.1. The summed E-state index contributed by atoms with van der Waals surface area (Å²) in [7, 11) is 0. The van der Waals surface area contributed by atoms with E-state index in [1.807, 2.05) is 30.3 Å². The fraction of sp³-hybridized carbons (Fsp3) is 0.394. The number of hydrogen-bond acceptors (Lipinski definition) is 5. The Hall–Kier alpha value is -4.00. The van der Waals surface area contributed by atoms with Gasteiger partial charge in [0.1, 0.15) is 5.71 Å². The highest BCUT2D eigenvalue weighted by Gasteiger charge is 2.20. The van der Waals surface area contributed by atoms with E-state index in [0.29, 0.717) is 11.6 Å². The molecule has 0 saturated carbocycles. The van der Waals surface area contributed by atoms with Crippen LogP contribution in [0, 0.1) is 16.0 Å². The zero-order valence-corrected chi connectivity index (χ0v) is 24.4. The van der Waals surface area contributed by atoms with Crippen molar-refractivity contribution in [1.82, 2.24) is 4.57 Å². The summed E-state index contributed by atoms with van der Waals surface area (Å²) in [5, 5.41) is 17.6. The lowest BCUT2D eigenvalue weighted by Gasteiger charge is -2.19. The summed E-state index contributed by atoms with van der Waals surface area (Å²) >= 11 is 0. The first-order chi connectivity index (χ1) is 19.0. The van der Waals surface area contributed by atoms with E-state index in [-0.39, 0.29) is 16.0 Å². The number of nitro groups is 1. The van der Waals surface area contributed by atoms with Crippen LogP contribution in [0.2, 0.25) is 0 Å². The minimum Gasteiger partial charge on any atom is -0.340 e. The first kappa shape index (κ1) is 29.0. The van der Waals surface area contributed by atoms with Gasteiger partial charge in [-0.15, -0.1) is 0 Å². The second-order valence-electron chi connectivity index (χ2n) is 11.6. The third-order valence-corrected chi connectivity index (χ3v) is 7.61. The van der Waals surface area contributed by atoms with Crippen molar-refractivity contribution in [3.63, 3.8) is 0 Å². The van der Waals surface area contributed by atoms with E-state index in [1.165, 1.54) is 18.9 Å². The highest BCUT2D eigenvalue weighted by Crippen LogP contribution is 2.34. The lowest BCUT2D eigenvalue weighted by atomic mass is 9.86. The van der Waals surface area contributed by atoms with Crippen molar-refractivity contribution in [3.8, 4) is 0 Å². The summed E-state index contributed by atoms with van der Waals surface area (Å²) < 4.78 is 2.29. The molecule has 0 spiro atoms. The van der Waals surface area contributed by atoms with Crippen LogP contribution in [-0.2, 0) is 21.6 Å². The summed E-state index contributed by atoms with van der Waals surface area (Å²) in [5.74, 6) is 0.00541. The molecule has 0 bridgehead atoms. The highest BCUT2D eigenvalue weighted by atomic mass is 16.7. The van der Waals surface area contributed by atoms with Crippen molar-refractivity contribution in [2.45, 2.75) is 79.2 Å². The smallest absolute Gasteiger partial charge is 0.332 e. The molecule has 1 aromatic heterocycles. The summed E-state index contributed by atoms with van der Waals surface area (Å²) in [6, 6.07) is 19.2. The number of fused-ring (bicyclic) bond motifs is 3. The zero-order chi connectivity index (χ0) is 29.0. The number of nitro benzene ring substituents is 1. The molecule has 0 aliphatic heterocycles. The molecule has 0 N–H and O–H groups in total. The van der Waals surface area contributed by atoms with Crippen molar-refractivity contribution >= 4 is 39.2 Å². The van der Waals surface area contributed by atoms with Gasteiger partial charge >= 0.3 is 5.97 Å². The molecule has 1 unspecified atom stereocenters. The Kier molecular flexibility index (Phi) is 8.72. The number of nitrogens with zero attached hydrogens (tertiary/aromatic N) is 3. The fourth-order valence-electron chi connectivity index (χ4n) is 5.24. The Bertz CT molecular complexity index is 1560. The zero-order valence-electron chi connectivity index (χ0n) is 24.4. The molecule has 1 heterocycles. The molecule has 7 nitrogen and oxygen atoms in total. The minimum absolute atomic E-state index is 0.00530. The van der Waals surface area contributed by atoms with Gasteiger partial charge in [-0.25, -0.2) is 4.79 Å². The second kappa shape index (κ2) is 12.0. The standard InChI is InChI=1S/C33H39N3O4/c1-7-9-10-23(8-2)21-35-30-17-13-25(19-28(30)29-20-27(36(38)39)16-18-31(29)35)32(34-40-22(3)37)24-11-14-26(15-12-24)33(4,5)6/h11-20,23H,7-10,21H2,1-6H3/b34-32+. The Morgan fingerprint density at radius 3 is 2.17 bits per heavy atom. The van der Waals surface area contributed by atoms with E-state index in [0.717, 1.165) is 58.7 Å². The molecule has 7 heteroatoms. The number of unbranched alkanes of at least 4 members (excludes halogenated alkanes) is 1. The largest absolute Gasteiger partial charge is 0.340 e. The van der Waals surface area contributed by atoms with Gasteiger partial charge in [0.05, 0.1) is 4.92 Å². The molecule has 3 aromatic carbocycles. The maximum Gasteiger partial charge on any atom is 0.332 e. The van der Waals surface area contributed by atoms with Gasteiger partial charge < -0.3 is 9.40 Å². The highest BCUT2D eigenvalue weighted by molar-refractivity contribution is 6.17. The van der Waals surface area contributed by atoms with Crippen molar-refractivity contribution in [3.05, 3.63) is 87.5 Å². The predicted octanol–water partition coefficient (Wildman–Crippen LogP) is 8.53. The van der Waals surface area contributed by atoms with E-state index in [4.69, 9.17) is 4.84 Å². The molecule has 0 radical (unpaired) electrons. The van der Waals surface area contributed by atoms with Gasteiger partial charge in [0.25, 0.3) is 5.69 Å². The van der Waals surface area contributed by atoms with Crippen molar-refractivity contribution < 1.29 is 14.6 Å². The van der Waals surface area contributed by atoms with Crippen LogP contribution in [0.3, 0.4) is 0 Å². The normalized spacial score (nSPS) is 13.1. The summed E-state index contributed by atoms with van der Waals surface area (Å²) in [6.07, 6.45) is 4.54. The van der Waals surface area contributed by atoms with Crippen LogP contribution in [0.4, 0.5) is 5.69 Å². The number of non-ortho nitro benzene ring substituents is 1. The van der Waals surface area contributed by atoms with Gasteiger partial charge in [-0.3, -0.25) is 10.1 Å². The van der Waals surface area contributed by atoms with E-state index in [2.05, 4.69) is 62.5 Å². The summed E-state index contributed by atoms with van der Waals surface area (Å²) in [6.45, 7) is 13.1. The third-order valence-electron chi connectivity index (χ3n) is 7.61. The average molecular weight is 542 g/mol. The van der Waals surface area contributed by atoms with Crippen molar-refractivity contribution in [2.24, 2.45) is 11.1 Å². The summed E-state index contributed by atoms with van der Waals surface area (Å²) in [5.41, 5.74) is 5.33. The number of benzene rings is 3. The molecule has 210 valence electrons. The van der Waals surface area contributed by atoms with Crippen LogP contribution in [0.25, 0.3) is 21.8 Å². The quantitative estimate of drug-likeness (QED) is 0.0871. The molecule has 0 aliphatic rings. The molecule has 1 atom stereocenters. The maximum absolute atomic E-state index is 11.7. The van der Waals surface area contributed by atoms with E-state index < -0.39 is 5.97 Å². The van der Waals surface area contributed by atoms with E-state index in [1.54, 1.807) is 12.1 Å². The second-order valence-corrected chi connectivity index (χ2v) is 11.6. The van der Waals surface area contributed by atoms with Crippen molar-refractivity contribution in [1.29, 1.82) is 0 Å². The number of carbonyl (C=O) groups is 1. The van der Waals surface area contributed by atoms with E-state index in [9.17, 15) is 14.9 Å². The monoisotopic (exact) mass is 541 g/mol. The number of hydrogen-bond donors (Lipinski definition) is 0. The Morgan fingerprint density at radius 2 is 1.60 bits per heavy atom. The predicted molar refractivity (Wildman–Crippen MR) is 162 cm³/mol. The third kappa shape index (κ3) is 6.24. The number of rotatable bonds is 10. The Morgan fingerprint density at radius 1 is 0.975 bits per heavy atom. The molecule has 0 amide bonds. The minimum atomic E-state index is -0.505. The fourth-order valence-corrected chi connectivity index (χ4v) is 5.24. The first-order valence-electron chi connectivity index (χ1n) is 14.1. The molecule has 40 heavy (non-hydrogen) atoms. The van der Waals surface area contributed by atoms with Crippen LogP contribution < -0.4 is 0 Å². The van der Waals surface area contributed by atoms with Gasteiger partial charge in [-0.1, -0.05) is 89.4 Å². The maximum atomic E-state index is 11.7. The molecular formula is C33H39N3O4. The molecule has 0 fully saturated rings. The van der Waals surface area contributed by atoms with E-state index >= 15 is 0 Å². The lowest BCUT2D eigenvalue weighted by molar-refractivity contribution is -0.384. The van der Waals surface area contributed by atoms with Gasteiger partial charge in [-0.05, 0) is 41.5 Å². The van der Waals surface area contributed by atoms with Crippen molar-refractivity contribution in [2.75, 3.05) is 0 Å². The Labute approximate surface area is 236 Å². The first-order valence-corrected chi connectivity index (χ1v) is 14.1. The molecule has 0 aliphatic carbocycles. The van der Waals surface area contributed by atoms with Gasteiger partial charge in [-0.2, -0.15) is 0 Å². The molecule has 4 rings (SSSR count). The molecule has 0 saturated heterocycles. The van der Waals surface area contributed by atoms with Gasteiger partial charge in [0.15, 0.2) is 0 Å². The average Bonchev–Trinajstić information content (AvgIpc) is 3.22. The van der Waals surface area contributed by atoms with Crippen LogP contribution >= 0.6 is 0 Å². The SMILES string of the molecule is CCCCC(CC)Cn1c2ccc(/C(=N/OC(C)=O)c3ccc(C(C)(C)C)cc3)cc2c2cc([N+](=O)[O-])ccc21. The number of oxime groups is 1. The number of aromatic nitrogens is 1.